The Balaban J connectivity index is 1.60. The molecule has 2 unspecified atom stereocenters. The minimum atomic E-state index is -4.29. The van der Waals surface area contributed by atoms with Gasteiger partial charge in [-0.2, -0.15) is 10.1 Å². The third-order valence-electron chi connectivity index (χ3n) is 6.53. The zero-order valence-electron chi connectivity index (χ0n) is 22.4. The number of aromatic nitrogens is 2. The maximum atomic E-state index is 13.9. The summed E-state index contributed by atoms with van der Waals surface area (Å²) < 4.78 is 32.3. The van der Waals surface area contributed by atoms with E-state index < -0.39 is 50.2 Å². The molecule has 1 aromatic carbocycles. The number of hydrogen-bond acceptors (Lipinski definition) is 10. The van der Waals surface area contributed by atoms with Crippen LogP contribution in [-0.4, -0.2) is 57.0 Å². The van der Waals surface area contributed by atoms with E-state index >= 15 is 0 Å². The molecule has 0 amide bonds. The number of carbonyl (C=O) groups excluding carboxylic acids is 1. The second-order valence-electron chi connectivity index (χ2n) is 9.76. The van der Waals surface area contributed by atoms with Crippen LogP contribution in [0.15, 0.2) is 60.4 Å². The highest BCUT2D eigenvalue weighted by atomic mass is 31.2. The first-order chi connectivity index (χ1) is 18.9. The Morgan fingerprint density at radius 2 is 2.08 bits per heavy atom. The number of rotatable bonds is 10. The van der Waals surface area contributed by atoms with E-state index in [0.29, 0.717) is 22.8 Å². The van der Waals surface area contributed by atoms with Gasteiger partial charge in [0.2, 0.25) is 0 Å². The molecular weight excluding hydrogens is 537 g/mol. The number of nitrogens with zero attached hydrogens (tertiary/aromatic N) is 4. The summed E-state index contributed by atoms with van der Waals surface area (Å²) in [5.74, 6) is 0.0658. The number of fused-ring (bicyclic) bond motifs is 1. The zero-order chi connectivity index (χ0) is 29.2. The fourth-order valence-electron chi connectivity index (χ4n) is 4.48. The zero-order valence-corrected chi connectivity index (χ0v) is 23.3. The first kappa shape index (κ1) is 29.0. The van der Waals surface area contributed by atoms with Gasteiger partial charge < -0.3 is 30.0 Å². The molecule has 1 fully saturated rings. The molecule has 13 nitrogen and oxygen atoms in total. The average Bonchev–Trinajstić information content (AvgIpc) is 3.41. The van der Waals surface area contributed by atoms with Crippen LogP contribution in [0.4, 0.5) is 5.82 Å². The van der Waals surface area contributed by atoms with Crippen molar-refractivity contribution in [1.82, 2.24) is 20.0 Å². The number of nitrogens with two attached hydrogens (primary N) is 1. The Bertz CT molecular complexity index is 1430. The van der Waals surface area contributed by atoms with Crippen molar-refractivity contribution in [2.75, 3.05) is 6.61 Å². The summed E-state index contributed by atoms with van der Waals surface area (Å²) in [6.45, 7) is 20.3. The molecule has 0 spiro atoms. The summed E-state index contributed by atoms with van der Waals surface area (Å²) in [5.41, 5.74) is 5.40. The molecule has 5 atom stereocenters. The summed E-state index contributed by atoms with van der Waals surface area (Å²) in [6.07, 6.45) is -0.0547. The van der Waals surface area contributed by atoms with Gasteiger partial charge in [-0.1, -0.05) is 31.4 Å². The van der Waals surface area contributed by atoms with Crippen LogP contribution in [0.3, 0.4) is 0 Å². The number of guanidine groups is 1. The van der Waals surface area contributed by atoms with Crippen LogP contribution < -0.4 is 20.7 Å². The van der Waals surface area contributed by atoms with E-state index in [9.17, 15) is 14.5 Å². The number of esters is 1. The van der Waals surface area contributed by atoms with E-state index in [4.69, 9.17) is 26.1 Å². The number of para-hydroxylation sites is 1. The molecule has 14 heteroatoms. The number of ether oxygens (including phenoxy) is 1. The van der Waals surface area contributed by atoms with Crippen LogP contribution in [0.5, 0.6) is 5.75 Å². The quantitative estimate of drug-likeness (QED) is 0.145. The number of hydrogen-bond donors (Lipinski definition) is 4. The number of benzene rings is 1. The number of imidazole rings is 1. The van der Waals surface area contributed by atoms with Crippen LogP contribution in [0.25, 0.3) is 10.5 Å². The van der Waals surface area contributed by atoms with Crippen molar-refractivity contribution in [2.24, 2.45) is 10.7 Å². The summed E-state index contributed by atoms with van der Waals surface area (Å²) in [7, 11) is -4.29. The molecule has 2 aromatic rings. The lowest BCUT2D eigenvalue weighted by atomic mass is 9.93. The van der Waals surface area contributed by atoms with Gasteiger partial charge in [0.25, 0.3) is 0 Å². The maximum Gasteiger partial charge on any atom is 0.459 e. The van der Waals surface area contributed by atoms with Gasteiger partial charge in [-0.25, -0.2) is 16.1 Å². The van der Waals surface area contributed by atoms with E-state index in [1.165, 1.54) is 13.3 Å². The number of aliphatic imine (C=N–C) groups is 1. The molecule has 1 aliphatic heterocycles. The third-order valence-corrected chi connectivity index (χ3v) is 8.15. The first-order valence-corrected chi connectivity index (χ1v) is 14.0. The molecule has 40 heavy (non-hydrogen) atoms. The predicted molar refractivity (Wildman–Crippen MR) is 148 cm³/mol. The Kier molecular flexibility index (Phi) is 8.18. The standard InChI is InChI=1S/C26H32N7O6P/c1-15(2)38-24(35)18(5)32-40(36,39-19-10-8-7-9-11-19)37-13-26(28-6)16(3)20(12-21(26)34)33-14-29-22-17(4)30-25(27)31-23(22)33/h7-11,14-15,18,20-21,34H,3-4,12-13H2,1-2,5H3,(H,32,36)(H3,27,30,31)/t18?,20-,21-,26+,40?/m0/s1. The Morgan fingerprint density at radius 3 is 2.73 bits per heavy atom. The SMILES string of the molecule is [C-]#[N+][C@]1(COP(=O)(NC(C)C(=O)OC(C)C)Oc2ccccc2)C(=C)[C@@H](n2cnc3c2N=C(N)NC3=C)C[C@@H]1O. The van der Waals surface area contributed by atoms with Gasteiger partial charge in [-0.05, 0) is 32.9 Å². The minimum Gasteiger partial charge on any atom is -0.462 e. The number of nitrogens with one attached hydrogen (secondary N) is 2. The molecule has 1 saturated carbocycles. The van der Waals surface area contributed by atoms with Gasteiger partial charge in [0, 0.05) is 12.0 Å². The molecule has 2 heterocycles. The van der Waals surface area contributed by atoms with E-state index in [2.05, 4.69) is 38.4 Å². The molecule has 5 N–H and O–H groups in total. The molecule has 0 radical (unpaired) electrons. The van der Waals surface area contributed by atoms with E-state index in [1.54, 1.807) is 48.7 Å². The molecule has 0 saturated heterocycles. The molecule has 1 aliphatic carbocycles. The lowest BCUT2D eigenvalue weighted by Crippen LogP contribution is -2.42. The second kappa shape index (κ2) is 11.3. The summed E-state index contributed by atoms with van der Waals surface area (Å²) in [4.78, 5) is 24.8. The van der Waals surface area contributed by atoms with E-state index in [0.717, 1.165) is 0 Å². The lowest BCUT2D eigenvalue weighted by Gasteiger charge is -2.27. The van der Waals surface area contributed by atoms with Gasteiger partial charge in [-0.15, -0.1) is 0 Å². The fraction of sp³-hybridized carbons (Fsp3) is 0.385. The van der Waals surface area contributed by atoms with E-state index in [1.807, 2.05) is 0 Å². The lowest BCUT2D eigenvalue weighted by molar-refractivity contribution is -0.149. The smallest absolute Gasteiger partial charge is 0.459 e. The second-order valence-corrected chi connectivity index (χ2v) is 11.5. The van der Waals surface area contributed by atoms with Gasteiger partial charge in [0.15, 0.2) is 11.8 Å². The molecule has 1 aromatic heterocycles. The summed E-state index contributed by atoms with van der Waals surface area (Å²) in [6, 6.07) is 6.55. The first-order valence-electron chi connectivity index (χ1n) is 12.5. The predicted octanol–water partition coefficient (Wildman–Crippen LogP) is 3.06. The molecule has 0 bridgehead atoms. The van der Waals surface area contributed by atoms with Crippen molar-refractivity contribution in [3.63, 3.8) is 0 Å². The topological polar surface area (TPSA) is 167 Å². The van der Waals surface area contributed by atoms with Crippen LogP contribution in [0.2, 0.25) is 0 Å². The molecule has 4 rings (SSSR count). The highest BCUT2D eigenvalue weighted by Crippen LogP contribution is 2.51. The molecule has 212 valence electrons. The van der Waals surface area contributed by atoms with Crippen LogP contribution in [0.1, 0.15) is 38.9 Å². The molecule has 2 aliphatic rings. The Labute approximate surface area is 232 Å². The van der Waals surface area contributed by atoms with Crippen molar-refractivity contribution in [1.29, 1.82) is 0 Å². The van der Waals surface area contributed by atoms with Gasteiger partial charge in [0.05, 0.1) is 24.2 Å². The van der Waals surface area contributed by atoms with Crippen LogP contribution in [0, 0.1) is 6.57 Å². The monoisotopic (exact) mass is 569 g/mol. The largest absolute Gasteiger partial charge is 0.462 e. The maximum absolute atomic E-state index is 13.9. The third kappa shape index (κ3) is 5.66. The number of carbonyl (C=O) groups is 1. The van der Waals surface area contributed by atoms with Gasteiger partial charge in [0.1, 0.15) is 30.2 Å². The van der Waals surface area contributed by atoms with Crippen LogP contribution >= 0.6 is 7.75 Å². The van der Waals surface area contributed by atoms with Crippen molar-refractivity contribution in [3.05, 3.63) is 72.5 Å². The Hall–Kier alpha value is -3.95. The van der Waals surface area contributed by atoms with Crippen molar-refractivity contribution < 1.29 is 28.3 Å². The van der Waals surface area contributed by atoms with E-state index in [-0.39, 0.29) is 18.1 Å². The van der Waals surface area contributed by atoms with Crippen molar-refractivity contribution in [2.45, 2.75) is 57.0 Å². The summed E-state index contributed by atoms with van der Waals surface area (Å²) >= 11 is 0. The number of aliphatic hydroxyl groups excluding tert-OH is 1. The van der Waals surface area contributed by atoms with Gasteiger partial charge >= 0.3 is 19.3 Å². The minimum absolute atomic E-state index is 0.0804. The fourth-order valence-corrected chi connectivity index (χ4v) is 6.01. The van der Waals surface area contributed by atoms with Gasteiger partial charge in [-0.3, -0.25) is 14.2 Å². The van der Waals surface area contributed by atoms with Crippen LogP contribution in [-0.2, 0) is 18.6 Å². The normalized spacial score (nSPS) is 24.4. The van der Waals surface area contributed by atoms with Crippen molar-refractivity contribution in [3.8, 4) is 5.75 Å². The molecular formula is C26H32N7O6P. The number of aliphatic hydroxyl groups is 1. The average molecular weight is 570 g/mol. The highest BCUT2D eigenvalue weighted by Gasteiger charge is 2.59. The van der Waals surface area contributed by atoms with Crippen molar-refractivity contribution >= 4 is 31.2 Å². The highest BCUT2D eigenvalue weighted by molar-refractivity contribution is 7.52. The Morgan fingerprint density at radius 1 is 1.38 bits per heavy atom. The summed E-state index contributed by atoms with van der Waals surface area (Å²) in [5, 5.41) is 16.5.